The fourth-order valence-corrected chi connectivity index (χ4v) is 10.4. The number of hydrogen-bond donors (Lipinski definition) is 1. The summed E-state index contributed by atoms with van der Waals surface area (Å²) in [5.41, 5.74) is -0.695. The Bertz CT molecular complexity index is 768. The van der Waals surface area contributed by atoms with Crippen molar-refractivity contribution in [1.82, 2.24) is 0 Å². The van der Waals surface area contributed by atoms with Crippen LogP contribution in [0.5, 0.6) is 0 Å². The first kappa shape index (κ1) is 20.8. The predicted octanol–water partition coefficient (Wildman–Crippen LogP) is 4.90. The van der Waals surface area contributed by atoms with Crippen molar-refractivity contribution in [3.8, 4) is 0 Å². The van der Waals surface area contributed by atoms with E-state index in [4.69, 9.17) is 0 Å². The normalized spacial score (nSPS) is 13.3. The van der Waals surface area contributed by atoms with E-state index in [0.717, 1.165) is 12.6 Å². The van der Waals surface area contributed by atoms with Crippen LogP contribution in [0.25, 0.3) is 0 Å². The van der Waals surface area contributed by atoms with Gasteiger partial charge in [0.05, 0.1) is 0 Å². The molecule has 3 aromatic carbocycles. The van der Waals surface area contributed by atoms with Crippen molar-refractivity contribution in [3.05, 3.63) is 91.0 Å². The molecule has 0 spiro atoms. The van der Waals surface area contributed by atoms with Gasteiger partial charge in [-0.25, -0.2) is 0 Å². The minimum absolute atomic E-state index is 0.00794. The molecular weight excluding hydrogens is 359 g/mol. The maximum absolute atomic E-state index is 10.6. The molecule has 0 atom stereocenters. The summed E-state index contributed by atoms with van der Waals surface area (Å²) in [7, 11) is -2.27. The zero-order chi connectivity index (χ0) is 20.3. The molecule has 0 amide bonds. The van der Waals surface area contributed by atoms with Crippen LogP contribution in [0.1, 0.15) is 34.1 Å². The van der Waals surface area contributed by atoms with Gasteiger partial charge in [-0.1, -0.05) is 0 Å². The van der Waals surface area contributed by atoms with E-state index in [-0.39, 0.29) is 5.41 Å². The van der Waals surface area contributed by atoms with E-state index < -0.39 is 12.9 Å². The van der Waals surface area contributed by atoms with Gasteiger partial charge < -0.3 is 0 Å². The molecule has 1 nitrogen and oxygen atoms in total. The fourth-order valence-electron chi connectivity index (χ4n) is 4.93. The van der Waals surface area contributed by atoms with E-state index in [2.05, 4.69) is 105 Å². The van der Waals surface area contributed by atoms with Gasteiger partial charge in [-0.15, -0.1) is 0 Å². The van der Waals surface area contributed by atoms with Crippen LogP contribution >= 0.6 is 7.26 Å². The van der Waals surface area contributed by atoms with Crippen molar-refractivity contribution in [3.63, 3.8) is 0 Å². The number of rotatable bonds is 7. The van der Waals surface area contributed by atoms with Crippen molar-refractivity contribution < 1.29 is 5.11 Å². The maximum atomic E-state index is 10.6. The Morgan fingerprint density at radius 3 is 1.21 bits per heavy atom. The second kappa shape index (κ2) is 8.19. The topological polar surface area (TPSA) is 20.2 Å². The second-order valence-electron chi connectivity index (χ2n) is 9.33. The summed E-state index contributed by atoms with van der Waals surface area (Å²) in [5, 5.41) is 14.9. The van der Waals surface area contributed by atoms with E-state index in [1.165, 1.54) is 15.9 Å². The molecule has 0 heterocycles. The zero-order valence-corrected chi connectivity index (χ0v) is 18.5. The van der Waals surface area contributed by atoms with Gasteiger partial charge in [0, 0.05) is 0 Å². The Kier molecular flexibility index (Phi) is 6.08. The quantitative estimate of drug-likeness (QED) is 0.567. The molecule has 148 valence electrons. The first-order chi connectivity index (χ1) is 13.2. The molecule has 2 heteroatoms. The standard InChI is InChI=1S/C26H33OP/c1-25(2,20-26(3,4)27)21-28(22-14-8-5-9-15-22,23-16-10-6-11-17-23)24-18-12-7-13-19-24/h5-19,27-28H,20-21H2,1-4H3. The summed E-state index contributed by atoms with van der Waals surface area (Å²) >= 11 is 0. The summed E-state index contributed by atoms with van der Waals surface area (Å²) in [6.45, 7) is 8.46. The summed E-state index contributed by atoms with van der Waals surface area (Å²) in [6.07, 6.45) is 1.81. The number of hydrogen-bond acceptors (Lipinski definition) is 1. The van der Waals surface area contributed by atoms with Crippen molar-refractivity contribution in [2.24, 2.45) is 5.41 Å². The van der Waals surface area contributed by atoms with Crippen LogP contribution in [0.2, 0.25) is 0 Å². The first-order valence-electron chi connectivity index (χ1n) is 10.1. The van der Waals surface area contributed by atoms with E-state index >= 15 is 0 Å². The molecule has 0 aliphatic heterocycles. The second-order valence-corrected chi connectivity index (χ2v) is 13.2. The molecule has 0 saturated heterocycles. The molecule has 1 N–H and O–H groups in total. The molecule has 28 heavy (non-hydrogen) atoms. The number of benzene rings is 3. The van der Waals surface area contributed by atoms with Crippen LogP contribution in [0.4, 0.5) is 0 Å². The van der Waals surface area contributed by atoms with Gasteiger partial charge in [0.15, 0.2) is 0 Å². The predicted molar refractivity (Wildman–Crippen MR) is 126 cm³/mol. The molecule has 0 bridgehead atoms. The van der Waals surface area contributed by atoms with Gasteiger partial charge in [0.1, 0.15) is 0 Å². The third-order valence-electron chi connectivity index (χ3n) is 5.45. The molecule has 0 aromatic heterocycles. The fraction of sp³-hybridized carbons (Fsp3) is 0.308. The molecular formula is C26H33OP. The summed E-state index contributed by atoms with van der Waals surface area (Å²) in [6, 6.07) is 33.0. The Hall–Kier alpha value is -1.95. The van der Waals surface area contributed by atoms with E-state index in [1.54, 1.807) is 0 Å². The molecule has 0 aliphatic carbocycles. The number of aliphatic hydroxyl groups is 1. The van der Waals surface area contributed by atoms with E-state index in [1.807, 2.05) is 13.8 Å². The minimum atomic E-state index is -2.27. The first-order valence-corrected chi connectivity index (χ1v) is 12.3. The van der Waals surface area contributed by atoms with Crippen molar-refractivity contribution in [2.75, 3.05) is 6.16 Å². The van der Waals surface area contributed by atoms with Crippen LogP contribution in [-0.4, -0.2) is 16.9 Å². The van der Waals surface area contributed by atoms with Crippen LogP contribution < -0.4 is 15.9 Å². The summed E-state index contributed by atoms with van der Waals surface area (Å²) in [4.78, 5) is 0. The average Bonchev–Trinajstić information content (AvgIpc) is 2.66. The average molecular weight is 393 g/mol. The molecule has 0 unspecified atom stereocenters. The molecule has 3 aromatic rings. The van der Waals surface area contributed by atoms with E-state index in [9.17, 15) is 5.11 Å². The summed E-state index contributed by atoms with van der Waals surface area (Å²) < 4.78 is 0. The Morgan fingerprint density at radius 1 is 0.607 bits per heavy atom. The van der Waals surface area contributed by atoms with Crippen LogP contribution in [0.3, 0.4) is 0 Å². The van der Waals surface area contributed by atoms with Crippen LogP contribution in [-0.2, 0) is 0 Å². The van der Waals surface area contributed by atoms with Gasteiger partial charge in [0.2, 0.25) is 0 Å². The van der Waals surface area contributed by atoms with Gasteiger partial charge >= 0.3 is 171 Å². The van der Waals surface area contributed by atoms with Crippen molar-refractivity contribution in [2.45, 2.75) is 39.7 Å². The molecule has 0 fully saturated rings. The Labute approximate surface area is 170 Å². The summed E-state index contributed by atoms with van der Waals surface area (Å²) in [5.74, 6) is 0. The van der Waals surface area contributed by atoms with Crippen LogP contribution in [0.15, 0.2) is 91.0 Å². The van der Waals surface area contributed by atoms with Gasteiger partial charge in [-0.05, 0) is 0 Å². The molecule has 0 radical (unpaired) electrons. The van der Waals surface area contributed by atoms with E-state index in [0.29, 0.717) is 0 Å². The van der Waals surface area contributed by atoms with Gasteiger partial charge in [0.25, 0.3) is 0 Å². The third kappa shape index (κ3) is 4.72. The molecule has 0 saturated carbocycles. The Morgan fingerprint density at radius 2 is 0.929 bits per heavy atom. The third-order valence-corrected chi connectivity index (χ3v) is 10.9. The zero-order valence-electron chi connectivity index (χ0n) is 17.5. The monoisotopic (exact) mass is 392 g/mol. The SMILES string of the molecule is CC(C)(O)CC(C)(C)C[PH](c1ccccc1)(c1ccccc1)c1ccccc1. The van der Waals surface area contributed by atoms with Gasteiger partial charge in [-0.2, -0.15) is 0 Å². The van der Waals surface area contributed by atoms with Crippen molar-refractivity contribution >= 4 is 23.2 Å². The van der Waals surface area contributed by atoms with Gasteiger partial charge in [-0.3, -0.25) is 0 Å². The molecule has 0 aliphatic rings. The molecule has 3 rings (SSSR count). The van der Waals surface area contributed by atoms with Crippen molar-refractivity contribution in [1.29, 1.82) is 0 Å². The Balaban J connectivity index is 2.25. The van der Waals surface area contributed by atoms with Crippen LogP contribution in [0, 0.1) is 5.41 Å².